The Balaban J connectivity index is 1.34. The number of nitrogens with one attached hydrogen (secondary N) is 2. The number of fused-ring (bicyclic) bond motifs is 1. The number of aromatic nitrogens is 1. The molecule has 2 N–H and O–H groups in total. The summed E-state index contributed by atoms with van der Waals surface area (Å²) in [4.78, 5) is 4.38. The Kier molecular flexibility index (Phi) is 6.94. The molecule has 0 unspecified atom stereocenters. The fraction of sp³-hybridized carbons (Fsp3) is 0.318. The number of benzene rings is 2. The fourth-order valence-corrected chi connectivity index (χ4v) is 5.90. The Hall–Kier alpha value is -1.57. The molecule has 1 aromatic heterocycles. The van der Waals surface area contributed by atoms with Crippen molar-refractivity contribution in [1.82, 2.24) is 9.71 Å². The smallest absolute Gasteiger partial charge is 0.216 e. The summed E-state index contributed by atoms with van der Waals surface area (Å²) in [5.41, 5.74) is 2.48. The molecule has 5 nitrogen and oxygen atoms in total. The van der Waals surface area contributed by atoms with E-state index in [4.69, 9.17) is 34.8 Å². The van der Waals surface area contributed by atoms with Gasteiger partial charge in [-0.25, -0.2) is 13.1 Å². The number of halogens is 3. The largest absolute Gasteiger partial charge is 0.382 e. The maximum Gasteiger partial charge on any atom is 0.216 e. The summed E-state index contributed by atoms with van der Waals surface area (Å²) in [5, 5.41) is 6.04. The lowest BCUT2D eigenvalue weighted by Crippen LogP contribution is -2.40. The highest BCUT2D eigenvalue weighted by Crippen LogP contribution is 2.29. The summed E-state index contributed by atoms with van der Waals surface area (Å²) < 4.78 is 28.0. The van der Waals surface area contributed by atoms with Gasteiger partial charge in [-0.15, -0.1) is 0 Å². The number of anilines is 1. The zero-order valence-electron chi connectivity index (χ0n) is 16.6. The molecule has 0 radical (unpaired) electrons. The van der Waals surface area contributed by atoms with Gasteiger partial charge in [0.15, 0.2) is 0 Å². The predicted molar refractivity (Wildman–Crippen MR) is 129 cm³/mol. The first-order chi connectivity index (χ1) is 14.8. The summed E-state index contributed by atoms with van der Waals surface area (Å²) in [6.45, 7) is 0. The maximum absolute atomic E-state index is 12.6. The molecular formula is C22H22Cl3N3O2S. The lowest BCUT2D eigenvalue weighted by molar-refractivity contribution is 0.387. The van der Waals surface area contributed by atoms with Gasteiger partial charge < -0.3 is 5.32 Å². The van der Waals surface area contributed by atoms with Crippen LogP contribution in [0.3, 0.4) is 0 Å². The third-order valence-electron chi connectivity index (χ3n) is 5.48. The minimum absolute atomic E-state index is 0.0705. The van der Waals surface area contributed by atoms with Crippen molar-refractivity contribution in [2.24, 2.45) is 0 Å². The average Bonchev–Trinajstić information content (AvgIpc) is 2.72. The van der Waals surface area contributed by atoms with Crippen LogP contribution in [0.25, 0.3) is 10.9 Å². The first-order valence-electron chi connectivity index (χ1n) is 10.0. The van der Waals surface area contributed by atoms with Crippen LogP contribution in [-0.2, 0) is 15.8 Å². The second kappa shape index (κ2) is 9.51. The summed E-state index contributed by atoms with van der Waals surface area (Å²) in [5.74, 6) is -0.117. The molecule has 0 atom stereocenters. The van der Waals surface area contributed by atoms with E-state index in [9.17, 15) is 8.42 Å². The van der Waals surface area contributed by atoms with Gasteiger partial charge in [-0.05, 0) is 67.6 Å². The van der Waals surface area contributed by atoms with Crippen LogP contribution in [0.1, 0.15) is 31.2 Å². The van der Waals surface area contributed by atoms with Gasteiger partial charge in [0, 0.05) is 34.4 Å². The SMILES string of the molecule is O=S(=O)(Cc1ccc(Cl)c(Cl)c1)NC1CCC(Nc2ccnc3cc(Cl)ccc23)CC1. The molecule has 164 valence electrons. The van der Waals surface area contributed by atoms with Crippen LogP contribution < -0.4 is 10.0 Å². The molecule has 1 fully saturated rings. The van der Waals surface area contributed by atoms with Crippen molar-refractivity contribution in [2.45, 2.75) is 43.5 Å². The molecule has 9 heteroatoms. The minimum atomic E-state index is -3.47. The Morgan fingerprint density at radius 2 is 1.65 bits per heavy atom. The molecule has 0 bridgehead atoms. The lowest BCUT2D eigenvalue weighted by atomic mass is 9.91. The van der Waals surface area contributed by atoms with Gasteiger partial charge >= 0.3 is 0 Å². The molecule has 3 aromatic rings. The highest BCUT2D eigenvalue weighted by molar-refractivity contribution is 7.88. The van der Waals surface area contributed by atoms with E-state index in [0.29, 0.717) is 20.6 Å². The van der Waals surface area contributed by atoms with Crippen LogP contribution in [0.2, 0.25) is 15.1 Å². The van der Waals surface area contributed by atoms with Gasteiger partial charge in [-0.1, -0.05) is 40.9 Å². The Labute approximate surface area is 197 Å². The van der Waals surface area contributed by atoms with Crippen molar-refractivity contribution in [1.29, 1.82) is 0 Å². The Bertz CT molecular complexity index is 1200. The third-order valence-corrected chi connectivity index (χ3v) is 7.86. The number of nitrogens with zero attached hydrogens (tertiary/aromatic N) is 1. The van der Waals surface area contributed by atoms with Crippen molar-refractivity contribution in [2.75, 3.05) is 5.32 Å². The van der Waals surface area contributed by atoms with Crippen LogP contribution in [0, 0.1) is 0 Å². The molecule has 0 saturated heterocycles. The number of hydrogen-bond donors (Lipinski definition) is 2. The van der Waals surface area contributed by atoms with E-state index in [2.05, 4.69) is 15.0 Å². The number of rotatable bonds is 6. The normalized spacial score (nSPS) is 19.5. The molecule has 0 aliphatic heterocycles. The van der Waals surface area contributed by atoms with Crippen LogP contribution in [-0.4, -0.2) is 25.5 Å². The second-order valence-electron chi connectivity index (χ2n) is 7.84. The maximum atomic E-state index is 12.6. The van der Waals surface area contributed by atoms with Crippen molar-refractivity contribution in [3.63, 3.8) is 0 Å². The molecule has 1 aliphatic carbocycles. The van der Waals surface area contributed by atoms with E-state index in [1.54, 1.807) is 24.4 Å². The number of hydrogen-bond acceptors (Lipinski definition) is 4. The minimum Gasteiger partial charge on any atom is -0.382 e. The Morgan fingerprint density at radius 3 is 2.39 bits per heavy atom. The van der Waals surface area contributed by atoms with E-state index >= 15 is 0 Å². The zero-order chi connectivity index (χ0) is 22.0. The molecule has 2 aromatic carbocycles. The Morgan fingerprint density at radius 1 is 0.903 bits per heavy atom. The first-order valence-corrected chi connectivity index (χ1v) is 12.8. The summed E-state index contributed by atoms with van der Waals surface area (Å²) in [6.07, 6.45) is 5.05. The monoisotopic (exact) mass is 497 g/mol. The van der Waals surface area contributed by atoms with Gasteiger partial charge in [-0.2, -0.15) is 0 Å². The van der Waals surface area contributed by atoms with E-state index in [0.717, 1.165) is 42.3 Å². The quantitative estimate of drug-likeness (QED) is 0.435. The van der Waals surface area contributed by atoms with Gasteiger partial charge in [0.05, 0.1) is 21.3 Å². The molecular weight excluding hydrogens is 477 g/mol. The van der Waals surface area contributed by atoms with E-state index in [1.165, 1.54) is 0 Å². The van der Waals surface area contributed by atoms with Crippen molar-refractivity contribution in [3.8, 4) is 0 Å². The molecule has 0 spiro atoms. The second-order valence-corrected chi connectivity index (χ2v) is 10.8. The van der Waals surface area contributed by atoms with Crippen LogP contribution in [0.5, 0.6) is 0 Å². The van der Waals surface area contributed by atoms with Gasteiger partial charge in [0.2, 0.25) is 10.0 Å². The van der Waals surface area contributed by atoms with Crippen molar-refractivity contribution >= 4 is 61.4 Å². The summed E-state index contributed by atoms with van der Waals surface area (Å²) in [6, 6.07) is 12.7. The average molecular weight is 499 g/mol. The fourth-order valence-electron chi connectivity index (χ4n) is 3.97. The van der Waals surface area contributed by atoms with Crippen molar-refractivity contribution in [3.05, 3.63) is 69.3 Å². The summed E-state index contributed by atoms with van der Waals surface area (Å²) in [7, 11) is -3.47. The van der Waals surface area contributed by atoms with Gasteiger partial charge in [-0.3, -0.25) is 4.98 Å². The molecule has 31 heavy (non-hydrogen) atoms. The van der Waals surface area contributed by atoms with E-state index in [1.807, 2.05) is 24.3 Å². The van der Waals surface area contributed by atoms with Gasteiger partial charge in [0.25, 0.3) is 0 Å². The standard InChI is InChI=1S/C22H22Cl3N3O2S/c23-15-2-7-18-21(9-10-26-22(18)12-15)27-16-3-5-17(6-4-16)28-31(29,30)13-14-1-8-19(24)20(25)11-14/h1-2,7-12,16-17,28H,3-6,13H2,(H,26,27). The lowest BCUT2D eigenvalue weighted by Gasteiger charge is -2.30. The van der Waals surface area contributed by atoms with Crippen LogP contribution in [0.15, 0.2) is 48.7 Å². The van der Waals surface area contributed by atoms with E-state index < -0.39 is 10.0 Å². The summed E-state index contributed by atoms with van der Waals surface area (Å²) >= 11 is 18.0. The highest BCUT2D eigenvalue weighted by atomic mass is 35.5. The number of sulfonamides is 1. The highest BCUT2D eigenvalue weighted by Gasteiger charge is 2.25. The molecule has 4 rings (SSSR count). The molecule has 0 amide bonds. The van der Waals surface area contributed by atoms with Crippen LogP contribution in [0.4, 0.5) is 5.69 Å². The molecule has 1 aliphatic rings. The first kappa shape index (κ1) is 22.6. The van der Waals surface area contributed by atoms with Crippen LogP contribution >= 0.6 is 34.8 Å². The van der Waals surface area contributed by atoms with Crippen molar-refractivity contribution < 1.29 is 8.42 Å². The van der Waals surface area contributed by atoms with E-state index in [-0.39, 0.29) is 17.8 Å². The van der Waals surface area contributed by atoms with Gasteiger partial charge in [0.1, 0.15) is 0 Å². The zero-order valence-corrected chi connectivity index (χ0v) is 19.7. The number of pyridine rings is 1. The third kappa shape index (κ3) is 5.82. The predicted octanol–water partition coefficient (Wildman–Crippen LogP) is 6.04. The molecule has 1 heterocycles. The molecule has 1 saturated carbocycles. The topological polar surface area (TPSA) is 71.1 Å².